The van der Waals surface area contributed by atoms with Crippen molar-refractivity contribution in [3.8, 4) is 17.3 Å². The van der Waals surface area contributed by atoms with Gasteiger partial charge in [-0.25, -0.2) is 15.0 Å². The molecule has 146 valence electrons. The number of anilines is 3. The number of aryl methyl sites for hydroxylation is 1. The van der Waals surface area contributed by atoms with Crippen LogP contribution in [0.2, 0.25) is 0 Å². The molecule has 2 atom stereocenters. The van der Waals surface area contributed by atoms with Gasteiger partial charge in [0.05, 0.1) is 48.4 Å². The quantitative estimate of drug-likeness (QED) is 0.726. The molecule has 29 heavy (non-hydrogen) atoms. The molecule has 2 bridgehead atoms. The Labute approximate surface area is 168 Å². The lowest BCUT2D eigenvalue weighted by Gasteiger charge is -2.36. The maximum absolute atomic E-state index is 9.76. The predicted octanol–water partition coefficient (Wildman–Crippen LogP) is 2.25. The highest BCUT2D eigenvalue weighted by atomic mass is 16.5. The highest BCUT2D eigenvalue weighted by Gasteiger charge is 2.39. The summed E-state index contributed by atoms with van der Waals surface area (Å²) in [6, 6.07) is 6.58. The van der Waals surface area contributed by atoms with Crippen LogP contribution in [-0.2, 0) is 11.8 Å². The minimum absolute atomic E-state index is 0.300. The first kappa shape index (κ1) is 17.6. The summed E-state index contributed by atoms with van der Waals surface area (Å²) in [5.41, 5.74) is 2.84. The molecule has 3 aromatic rings. The van der Waals surface area contributed by atoms with Crippen LogP contribution in [0.15, 0.2) is 36.9 Å². The minimum Gasteiger partial charge on any atom is -0.377 e. The Kier molecular flexibility index (Phi) is 4.33. The summed E-state index contributed by atoms with van der Waals surface area (Å²) in [4.78, 5) is 15.8. The first-order valence-electron chi connectivity index (χ1n) is 9.56. The van der Waals surface area contributed by atoms with Crippen molar-refractivity contribution in [1.82, 2.24) is 24.7 Å². The van der Waals surface area contributed by atoms with Crippen LogP contribution in [-0.4, -0.2) is 50.0 Å². The number of hydrogen-bond donors (Lipinski definition) is 1. The number of rotatable bonds is 4. The van der Waals surface area contributed by atoms with Gasteiger partial charge < -0.3 is 15.0 Å². The zero-order valence-electron chi connectivity index (χ0n) is 16.0. The Morgan fingerprint density at radius 2 is 2.03 bits per heavy atom. The van der Waals surface area contributed by atoms with E-state index in [1.54, 1.807) is 23.3 Å². The van der Waals surface area contributed by atoms with Gasteiger partial charge in [-0.2, -0.15) is 10.4 Å². The summed E-state index contributed by atoms with van der Waals surface area (Å²) in [5.74, 6) is 1.21. The smallest absolute Gasteiger partial charge is 0.227 e. The van der Waals surface area contributed by atoms with Gasteiger partial charge in [-0.15, -0.1) is 0 Å². The molecule has 0 spiro atoms. The van der Waals surface area contributed by atoms with Crippen molar-refractivity contribution in [1.29, 1.82) is 5.26 Å². The molecular weight excluding hydrogens is 368 g/mol. The van der Waals surface area contributed by atoms with Gasteiger partial charge in [0.15, 0.2) is 0 Å². The highest BCUT2D eigenvalue weighted by Crippen LogP contribution is 2.35. The van der Waals surface area contributed by atoms with E-state index in [2.05, 4.69) is 36.3 Å². The third-order valence-electron chi connectivity index (χ3n) is 5.38. The number of ether oxygens (including phenoxy) is 1. The van der Waals surface area contributed by atoms with E-state index < -0.39 is 0 Å². The van der Waals surface area contributed by atoms with Gasteiger partial charge >= 0.3 is 0 Å². The molecule has 9 heteroatoms. The third kappa shape index (κ3) is 3.28. The Balaban J connectivity index is 1.45. The Morgan fingerprint density at radius 3 is 2.76 bits per heavy atom. The topological polar surface area (TPSA) is 105 Å². The van der Waals surface area contributed by atoms with E-state index in [4.69, 9.17) is 4.74 Å². The number of morpholine rings is 1. The van der Waals surface area contributed by atoms with Crippen molar-refractivity contribution >= 4 is 17.5 Å². The average Bonchev–Trinajstić information content (AvgIpc) is 3.26. The summed E-state index contributed by atoms with van der Waals surface area (Å²) in [6.07, 6.45) is 9.17. The zero-order chi connectivity index (χ0) is 19.8. The van der Waals surface area contributed by atoms with Crippen molar-refractivity contribution in [2.45, 2.75) is 24.9 Å². The SMILES string of the molecule is Cn1cc(Nc2nccc(-c3cnc(N4C5CCC4COC5)c(C#N)c3)n2)cn1. The van der Waals surface area contributed by atoms with E-state index in [0.29, 0.717) is 42.5 Å². The largest absolute Gasteiger partial charge is 0.377 e. The van der Waals surface area contributed by atoms with E-state index in [1.807, 2.05) is 25.4 Å². The zero-order valence-corrected chi connectivity index (χ0v) is 16.0. The van der Waals surface area contributed by atoms with E-state index in [-0.39, 0.29) is 0 Å². The van der Waals surface area contributed by atoms with Crippen LogP contribution in [0.4, 0.5) is 17.5 Å². The molecule has 5 heterocycles. The maximum Gasteiger partial charge on any atom is 0.227 e. The summed E-state index contributed by atoms with van der Waals surface area (Å²) in [6.45, 7) is 1.39. The number of nitrogens with zero attached hydrogens (tertiary/aromatic N) is 7. The standard InChI is InChI=1S/C20H20N8O/c1-27-10-15(9-24-27)25-20-22-5-4-18(26-20)14-6-13(7-21)19(23-8-14)28-16-2-3-17(28)12-29-11-16/h4-6,8-10,16-17H,2-3,11-12H2,1H3,(H,22,25,26). The summed E-state index contributed by atoms with van der Waals surface area (Å²) < 4.78 is 7.36. The van der Waals surface area contributed by atoms with Crippen molar-refractivity contribution in [3.63, 3.8) is 0 Å². The fourth-order valence-electron chi connectivity index (χ4n) is 4.05. The van der Waals surface area contributed by atoms with Crippen LogP contribution in [0.25, 0.3) is 11.3 Å². The van der Waals surface area contributed by atoms with Crippen LogP contribution < -0.4 is 10.2 Å². The normalized spacial score (nSPS) is 20.5. The average molecular weight is 388 g/mol. The van der Waals surface area contributed by atoms with Crippen molar-refractivity contribution in [3.05, 3.63) is 42.5 Å². The second-order valence-corrected chi connectivity index (χ2v) is 7.33. The maximum atomic E-state index is 9.76. The molecule has 1 N–H and O–H groups in total. The lowest BCUT2D eigenvalue weighted by molar-refractivity contribution is 0.0902. The first-order valence-corrected chi connectivity index (χ1v) is 9.56. The molecular formula is C20H20N8O. The van der Waals surface area contributed by atoms with Crippen molar-refractivity contribution in [2.75, 3.05) is 23.4 Å². The number of pyridine rings is 1. The van der Waals surface area contributed by atoms with Crippen LogP contribution in [0.3, 0.4) is 0 Å². The Bertz CT molecular complexity index is 1070. The molecule has 2 saturated heterocycles. The minimum atomic E-state index is 0.300. The molecule has 2 aliphatic rings. The molecule has 0 radical (unpaired) electrons. The van der Waals surface area contributed by atoms with Crippen molar-refractivity contribution in [2.24, 2.45) is 7.05 Å². The summed E-state index contributed by atoms with van der Waals surface area (Å²) in [5, 5.41) is 17.0. The van der Waals surface area contributed by atoms with E-state index >= 15 is 0 Å². The van der Waals surface area contributed by atoms with Gasteiger partial charge in [-0.05, 0) is 25.0 Å². The van der Waals surface area contributed by atoms with Gasteiger partial charge in [0.2, 0.25) is 5.95 Å². The number of fused-ring (bicyclic) bond motifs is 2. The van der Waals surface area contributed by atoms with Crippen LogP contribution in [0, 0.1) is 11.3 Å². The first-order chi connectivity index (χ1) is 14.2. The molecule has 2 aliphatic heterocycles. The van der Waals surface area contributed by atoms with Gasteiger partial charge in [-0.1, -0.05) is 0 Å². The summed E-state index contributed by atoms with van der Waals surface area (Å²) in [7, 11) is 1.85. The highest BCUT2D eigenvalue weighted by molar-refractivity contribution is 5.67. The van der Waals surface area contributed by atoms with Crippen molar-refractivity contribution < 1.29 is 4.74 Å². The van der Waals surface area contributed by atoms with Gasteiger partial charge in [0.1, 0.15) is 11.9 Å². The number of nitriles is 1. The second-order valence-electron chi connectivity index (χ2n) is 7.33. The molecule has 5 rings (SSSR count). The fraction of sp³-hybridized carbons (Fsp3) is 0.350. The van der Waals surface area contributed by atoms with E-state index in [9.17, 15) is 5.26 Å². The molecule has 9 nitrogen and oxygen atoms in total. The molecule has 0 saturated carbocycles. The lowest BCUT2D eigenvalue weighted by Crippen LogP contribution is -2.46. The Morgan fingerprint density at radius 1 is 1.21 bits per heavy atom. The molecule has 2 unspecified atom stereocenters. The van der Waals surface area contributed by atoms with Crippen LogP contribution in [0.5, 0.6) is 0 Å². The number of nitrogens with one attached hydrogen (secondary N) is 1. The number of aromatic nitrogens is 5. The van der Waals surface area contributed by atoms with Gasteiger partial charge in [0, 0.05) is 31.2 Å². The molecule has 0 aromatic carbocycles. The van der Waals surface area contributed by atoms with Crippen LogP contribution in [0.1, 0.15) is 18.4 Å². The molecule has 3 aromatic heterocycles. The van der Waals surface area contributed by atoms with E-state index in [0.717, 1.165) is 29.9 Å². The Hall–Kier alpha value is -3.51. The monoisotopic (exact) mass is 388 g/mol. The molecule has 2 fully saturated rings. The lowest BCUT2D eigenvalue weighted by atomic mass is 10.1. The van der Waals surface area contributed by atoms with Crippen LogP contribution >= 0.6 is 0 Å². The van der Waals surface area contributed by atoms with E-state index in [1.165, 1.54) is 0 Å². The predicted molar refractivity (Wildman–Crippen MR) is 107 cm³/mol. The van der Waals surface area contributed by atoms with Gasteiger partial charge in [0.25, 0.3) is 0 Å². The molecule has 0 amide bonds. The second kappa shape index (κ2) is 7.14. The fourth-order valence-corrected chi connectivity index (χ4v) is 4.05. The number of hydrogen-bond acceptors (Lipinski definition) is 8. The molecule has 0 aliphatic carbocycles. The summed E-state index contributed by atoms with van der Waals surface area (Å²) >= 11 is 0. The third-order valence-corrected chi connectivity index (χ3v) is 5.38. The van der Waals surface area contributed by atoms with Gasteiger partial charge in [-0.3, -0.25) is 4.68 Å².